The fourth-order valence-corrected chi connectivity index (χ4v) is 6.57. The van der Waals surface area contributed by atoms with Gasteiger partial charge in [0.25, 0.3) is 15.7 Å². The number of hydrogen-bond donors (Lipinski definition) is 1. The van der Waals surface area contributed by atoms with Gasteiger partial charge in [-0.25, -0.2) is 8.98 Å². The summed E-state index contributed by atoms with van der Waals surface area (Å²) in [7, 11) is -5.62. The van der Waals surface area contributed by atoms with Gasteiger partial charge in [0.05, 0.1) is 17.0 Å². The highest BCUT2D eigenvalue weighted by atomic mass is 32.2. The molecule has 37 heavy (non-hydrogen) atoms. The fourth-order valence-electron chi connectivity index (χ4n) is 4.06. The fraction of sp³-hybridized carbons (Fsp3) is 0.696. The normalized spacial score (nSPS) is 27.6. The molecule has 3 heterocycles. The Labute approximate surface area is 217 Å². The summed E-state index contributed by atoms with van der Waals surface area (Å²) in [6, 6.07) is 0. The Morgan fingerprint density at radius 2 is 1.86 bits per heavy atom. The van der Waals surface area contributed by atoms with Crippen LogP contribution in [0.4, 0.5) is 0 Å². The Balaban J connectivity index is 2.26. The third-order valence-corrected chi connectivity index (χ3v) is 12.8. The van der Waals surface area contributed by atoms with E-state index >= 15 is 0 Å². The summed E-state index contributed by atoms with van der Waals surface area (Å²) in [5.41, 5.74) is 3.26. The van der Waals surface area contributed by atoms with Crippen LogP contribution in [-0.4, -0.2) is 56.3 Å². The summed E-state index contributed by atoms with van der Waals surface area (Å²) in [6.45, 7) is 14.3. The Kier molecular flexibility index (Phi) is 7.51. The Bertz CT molecular complexity index is 1340. The van der Waals surface area contributed by atoms with Crippen molar-refractivity contribution in [2.24, 2.45) is 18.7 Å². The number of nitrogens with two attached hydrogens (primary N) is 1. The summed E-state index contributed by atoms with van der Waals surface area (Å²) >= 11 is 0. The van der Waals surface area contributed by atoms with Crippen molar-refractivity contribution in [3.05, 3.63) is 43.7 Å². The molecule has 1 spiro atoms. The van der Waals surface area contributed by atoms with Gasteiger partial charge >= 0.3 is 11.7 Å². The molecule has 1 aromatic heterocycles. The van der Waals surface area contributed by atoms with E-state index in [1.807, 2.05) is 33.9 Å². The number of nitrogens with zero attached hydrogens (tertiary/aromatic N) is 2. The monoisotopic (exact) mass is 559 g/mol. The molecule has 0 saturated carbocycles. The highest BCUT2D eigenvalue weighted by Gasteiger charge is 2.67. The van der Waals surface area contributed by atoms with Crippen molar-refractivity contribution in [3.63, 3.8) is 0 Å². The van der Waals surface area contributed by atoms with Crippen LogP contribution in [0.15, 0.2) is 26.9 Å². The molecule has 12 nitrogen and oxygen atoms in total. The average molecular weight is 560 g/mol. The van der Waals surface area contributed by atoms with E-state index in [4.69, 9.17) is 23.8 Å². The highest BCUT2D eigenvalue weighted by Crippen LogP contribution is 2.51. The van der Waals surface area contributed by atoms with Crippen LogP contribution < -0.4 is 17.0 Å². The number of aromatic nitrogens is 2. The molecule has 3 rings (SSSR count). The summed E-state index contributed by atoms with van der Waals surface area (Å²) in [6.07, 6.45) is -2.40. The number of ether oxygens (including phenoxy) is 2. The molecule has 0 amide bonds. The van der Waals surface area contributed by atoms with Gasteiger partial charge in [-0.1, -0.05) is 34.6 Å². The minimum atomic E-state index is -4.25. The molecule has 2 aliphatic rings. The molecule has 2 aliphatic heterocycles. The van der Waals surface area contributed by atoms with Gasteiger partial charge in [-0.05, 0) is 25.1 Å². The number of esters is 1. The van der Waals surface area contributed by atoms with Gasteiger partial charge in [-0.3, -0.25) is 18.7 Å². The highest BCUT2D eigenvalue weighted by molar-refractivity contribution is 7.90. The van der Waals surface area contributed by atoms with Gasteiger partial charge in [0, 0.05) is 18.8 Å². The van der Waals surface area contributed by atoms with Crippen molar-refractivity contribution in [1.82, 2.24) is 9.13 Å². The Hall–Kier alpha value is -2.26. The van der Waals surface area contributed by atoms with Gasteiger partial charge < -0.3 is 19.6 Å². The third-order valence-electron chi connectivity index (χ3n) is 7.27. The van der Waals surface area contributed by atoms with Crippen LogP contribution in [0.2, 0.25) is 18.1 Å². The molecular formula is C23H37N3O9SSi. The van der Waals surface area contributed by atoms with E-state index in [-0.39, 0.29) is 16.3 Å². The van der Waals surface area contributed by atoms with E-state index < -0.39 is 72.2 Å². The van der Waals surface area contributed by atoms with Crippen LogP contribution in [0.1, 0.15) is 46.4 Å². The van der Waals surface area contributed by atoms with E-state index in [1.54, 1.807) is 20.8 Å². The van der Waals surface area contributed by atoms with Gasteiger partial charge in [-0.2, -0.15) is 8.42 Å². The maximum atomic E-state index is 13.2. The van der Waals surface area contributed by atoms with Gasteiger partial charge in [0.1, 0.15) is 18.8 Å². The first kappa shape index (κ1) is 29.3. The molecule has 0 aliphatic carbocycles. The molecule has 4 atom stereocenters. The maximum absolute atomic E-state index is 13.2. The second-order valence-electron chi connectivity index (χ2n) is 11.4. The molecule has 0 aromatic carbocycles. The maximum Gasteiger partial charge on any atom is 0.332 e. The second kappa shape index (κ2) is 9.49. The SMILES string of the molecule is Cc1cn([C@@H]2OC(COC(=O)C(C)C)C3(OS(=O)(=O)C=C3N)[C@H]2O[Si](C)(C)C(C)(C)C)c(=O)n(C)c1=O. The third kappa shape index (κ3) is 5.09. The van der Waals surface area contributed by atoms with Crippen LogP contribution in [-0.2, 0) is 40.0 Å². The molecule has 2 N–H and O–H groups in total. The predicted molar refractivity (Wildman–Crippen MR) is 137 cm³/mol. The lowest BCUT2D eigenvalue weighted by Gasteiger charge is -2.43. The topological polar surface area (TPSA) is 158 Å². The van der Waals surface area contributed by atoms with Gasteiger partial charge in [0.2, 0.25) is 0 Å². The number of carbonyl (C=O) groups excluding carboxylic acids is 1. The predicted octanol–water partition coefficient (Wildman–Crippen LogP) is 1.24. The number of aryl methyl sites for hydroxylation is 1. The first-order valence-electron chi connectivity index (χ1n) is 12.0. The number of hydrogen-bond acceptors (Lipinski definition) is 10. The van der Waals surface area contributed by atoms with E-state index in [1.165, 1.54) is 17.8 Å². The smallest absolute Gasteiger partial charge is 0.332 e. The van der Waals surface area contributed by atoms with Gasteiger partial charge in [0.15, 0.2) is 20.1 Å². The Morgan fingerprint density at radius 1 is 1.27 bits per heavy atom. The van der Waals surface area contributed by atoms with E-state index in [0.717, 1.165) is 9.98 Å². The lowest BCUT2D eigenvalue weighted by Crippen LogP contribution is -2.59. The van der Waals surface area contributed by atoms with E-state index in [2.05, 4.69) is 0 Å². The molecule has 1 saturated heterocycles. The van der Waals surface area contributed by atoms with Crippen LogP contribution in [0.25, 0.3) is 0 Å². The average Bonchev–Trinajstić information content (AvgIpc) is 3.18. The quantitative estimate of drug-likeness (QED) is 0.305. The van der Waals surface area contributed by atoms with Crippen LogP contribution in [0.3, 0.4) is 0 Å². The van der Waals surface area contributed by atoms with Crippen LogP contribution in [0, 0.1) is 12.8 Å². The molecule has 0 bridgehead atoms. The minimum absolute atomic E-state index is 0.195. The van der Waals surface area contributed by atoms with E-state index in [0.29, 0.717) is 0 Å². The first-order valence-corrected chi connectivity index (χ1v) is 16.3. The van der Waals surface area contributed by atoms with Crippen molar-refractivity contribution in [3.8, 4) is 0 Å². The molecule has 0 radical (unpaired) electrons. The molecule has 208 valence electrons. The zero-order valence-electron chi connectivity index (χ0n) is 22.7. The summed E-state index contributed by atoms with van der Waals surface area (Å²) in [5, 5.41) is 0.452. The second-order valence-corrected chi connectivity index (χ2v) is 17.6. The van der Waals surface area contributed by atoms with Gasteiger partial charge in [-0.15, -0.1) is 0 Å². The summed E-state index contributed by atoms with van der Waals surface area (Å²) in [4.78, 5) is 37.9. The number of carbonyl (C=O) groups is 1. The molecule has 2 unspecified atom stereocenters. The molecule has 14 heteroatoms. The van der Waals surface area contributed by atoms with E-state index in [9.17, 15) is 22.8 Å². The summed E-state index contributed by atoms with van der Waals surface area (Å²) in [5.74, 6) is -0.995. The first-order chi connectivity index (χ1) is 16.7. The van der Waals surface area contributed by atoms with Crippen LogP contribution >= 0.6 is 0 Å². The van der Waals surface area contributed by atoms with Crippen LogP contribution in [0.5, 0.6) is 0 Å². The lowest BCUT2D eigenvalue weighted by molar-refractivity contribution is -0.154. The van der Waals surface area contributed by atoms with Crippen molar-refractivity contribution in [2.45, 2.75) is 83.7 Å². The van der Waals surface area contributed by atoms with Crippen molar-refractivity contribution >= 4 is 24.4 Å². The Morgan fingerprint density at radius 3 is 2.35 bits per heavy atom. The largest absolute Gasteiger partial charge is 0.463 e. The van der Waals surface area contributed by atoms with Crippen molar-refractivity contribution in [1.29, 1.82) is 0 Å². The zero-order chi connectivity index (χ0) is 28.3. The lowest BCUT2D eigenvalue weighted by atomic mass is 9.89. The summed E-state index contributed by atoms with van der Waals surface area (Å²) < 4.78 is 51.4. The minimum Gasteiger partial charge on any atom is -0.463 e. The van der Waals surface area contributed by atoms with Crippen molar-refractivity contribution < 1.29 is 31.3 Å². The molecular weight excluding hydrogens is 522 g/mol. The molecule has 1 aromatic rings. The number of rotatable bonds is 6. The zero-order valence-corrected chi connectivity index (χ0v) is 24.5. The van der Waals surface area contributed by atoms with Crippen molar-refractivity contribution in [2.75, 3.05) is 6.61 Å². The molecule has 1 fully saturated rings. The standard InChI is InChI=1S/C23H37N3O9SSi/c1-13(2)20(28)32-11-16-23(15(24)12-36(30,31)35-23)17(34-37(8,9)22(4,5)6)19(33-16)26-10-14(3)18(27)25(7)21(26)29/h10,12-13,16-17,19H,11,24H2,1-9H3/t16?,17-,19+,23?/m0/s1.